The molecule has 162 valence electrons. The normalized spacial score (nSPS) is 13.1. The van der Waals surface area contributed by atoms with E-state index in [0.29, 0.717) is 18.0 Å². The fourth-order valence-electron chi connectivity index (χ4n) is 2.62. The van der Waals surface area contributed by atoms with Crippen molar-refractivity contribution in [3.63, 3.8) is 0 Å². The van der Waals surface area contributed by atoms with Crippen molar-refractivity contribution in [2.45, 2.75) is 52.0 Å². The molecule has 0 bridgehead atoms. The molecule has 7 heteroatoms. The predicted octanol–water partition coefficient (Wildman–Crippen LogP) is 4.13. The lowest BCUT2D eigenvalue weighted by Gasteiger charge is -2.27. The highest BCUT2D eigenvalue weighted by molar-refractivity contribution is 5.97. The molecular formula is C23H30N2O5. The van der Waals surface area contributed by atoms with Gasteiger partial charge < -0.3 is 24.8 Å². The Morgan fingerprint density at radius 2 is 1.63 bits per heavy atom. The summed E-state index contributed by atoms with van der Waals surface area (Å²) in [5.41, 5.74) is 0.859. The maximum absolute atomic E-state index is 12.9. The van der Waals surface area contributed by atoms with Gasteiger partial charge in [-0.05, 0) is 57.5 Å². The summed E-state index contributed by atoms with van der Waals surface area (Å²) >= 11 is 0. The number of carbonyl (C=O) groups excluding carboxylic acids is 2. The van der Waals surface area contributed by atoms with Gasteiger partial charge in [0, 0.05) is 5.69 Å². The van der Waals surface area contributed by atoms with Crippen molar-refractivity contribution < 1.29 is 23.8 Å². The Morgan fingerprint density at radius 1 is 1.00 bits per heavy atom. The first-order chi connectivity index (χ1) is 14.2. The van der Waals surface area contributed by atoms with Crippen LogP contribution in [0, 0.1) is 0 Å². The second-order valence-corrected chi connectivity index (χ2v) is 7.84. The Bertz CT molecular complexity index is 816. The van der Waals surface area contributed by atoms with Crippen LogP contribution in [0.3, 0.4) is 0 Å². The van der Waals surface area contributed by atoms with Gasteiger partial charge in [0.15, 0.2) is 0 Å². The van der Waals surface area contributed by atoms with E-state index in [0.717, 1.165) is 5.56 Å². The van der Waals surface area contributed by atoms with Crippen LogP contribution in [-0.4, -0.2) is 36.9 Å². The van der Waals surface area contributed by atoms with Gasteiger partial charge >= 0.3 is 6.09 Å². The van der Waals surface area contributed by atoms with Crippen LogP contribution in [0.2, 0.25) is 0 Å². The van der Waals surface area contributed by atoms with Crippen LogP contribution in [0.4, 0.5) is 10.5 Å². The van der Waals surface area contributed by atoms with E-state index in [9.17, 15) is 9.59 Å². The van der Waals surface area contributed by atoms with Crippen molar-refractivity contribution in [1.29, 1.82) is 0 Å². The van der Waals surface area contributed by atoms with Gasteiger partial charge in [0.2, 0.25) is 5.91 Å². The smallest absolute Gasteiger partial charge is 0.408 e. The first kappa shape index (κ1) is 23.2. The first-order valence-electron chi connectivity index (χ1n) is 9.78. The summed E-state index contributed by atoms with van der Waals surface area (Å²) in [4.78, 5) is 25.2. The molecule has 0 heterocycles. The molecule has 7 nitrogen and oxygen atoms in total. The molecule has 2 N–H and O–H groups in total. The van der Waals surface area contributed by atoms with E-state index in [-0.39, 0.29) is 0 Å². The Balaban J connectivity index is 2.09. The Labute approximate surface area is 177 Å². The lowest BCUT2D eigenvalue weighted by atomic mass is 10.1. The highest BCUT2D eigenvalue weighted by Gasteiger charge is 2.30. The molecule has 0 spiro atoms. The van der Waals surface area contributed by atoms with Gasteiger partial charge in [0.25, 0.3) is 0 Å². The second kappa shape index (κ2) is 10.6. The largest absolute Gasteiger partial charge is 0.497 e. The monoisotopic (exact) mass is 414 g/mol. The fraction of sp³-hybridized carbons (Fsp3) is 0.391. The molecule has 0 aliphatic carbocycles. The Morgan fingerprint density at radius 3 is 2.20 bits per heavy atom. The van der Waals surface area contributed by atoms with Crippen molar-refractivity contribution >= 4 is 17.7 Å². The molecule has 0 aliphatic rings. The molecule has 0 saturated heterocycles. The maximum atomic E-state index is 12.9. The minimum atomic E-state index is -0.953. The average molecular weight is 415 g/mol. The number of anilines is 1. The van der Waals surface area contributed by atoms with E-state index < -0.39 is 29.7 Å². The maximum Gasteiger partial charge on any atom is 0.408 e. The molecule has 0 radical (unpaired) electrons. The lowest BCUT2D eigenvalue weighted by molar-refractivity contribution is -0.122. The summed E-state index contributed by atoms with van der Waals surface area (Å²) in [7, 11) is 1.57. The standard InChI is InChI=1S/C23H30N2O5/c1-16(29-15-17-9-7-6-8-10-17)20(25-22(27)30-23(2,3)4)21(26)24-18-11-13-19(28-5)14-12-18/h6-14,16,20H,15H2,1-5H3,(H,24,26)(H,25,27)/t16-,20-/m1/s1. The minimum Gasteiger partial charge on any atom is -0.497 e. The summed E-state index contributed by atoms with van der Waals surface area (Å²) < 4.78 is 16.3. The van der Waals surface area contributed by atoms with Crippen LogP contribution in [0.25, 0.3) is 0 Å². The average Bonchev–Trinajstić information content (AvgIpc) is 2.70. The number of benzene rings is 2. The second-order valence-electron chi connectivity index (χ2n) is 7.84. The van der Waals surface area contributed by atoms with E-state index in [1.165, 1.54) is 0 Å². The number of amides is 2. The van der Waals surface area contributed by atoms with Gasteiger partial charge in [-0.25, -0.2) is 4.79 Å². The fourth-order valence-corrected chi connectivity index (χ4v) is 2.62. The van der Waals surface area contributed by atoms with E-state index in [1.54, 1.807) is 59.1 Å². The van der Waals surface area contributed by atoms with Crippen molar-refractivity contribution in [2.75, 3.05) is 12.4 Å². The summed E-state index contributed by atoms with van der Waals surface area (Å²) in [6.07, 6.45) is -1.29. The molecule has 0 fully saturated rings. The number of methoxy groups -OCH3 is 1. The highest BCUT2D eigenvalue weighted by atomic mass is 16.6. The quantitative estimate of drug-likeness (QED) is 0.678. The third kappa shape index (κ3) is 7.75. The number of rotatable bonds is 8. The summed E-state index contributed by atoms with van der Waals surface area (Å²) in [6.45, 7) is 7.32. The molecule has 2 aromatic rings. The third-order valence-electron chi connectivity index (χ3n) is 4.14. The van der Waals surface area contributed by atoms with E-state index >= 15 is 0 Å². The predicted molar refractivity (Wildman–Crippen MR) is 115 cm³/mol. The van der Waals surface area contributed by atoms with Gasteiger partial charge in [-0.2, -0.15) is 0 Å². The lowest BCUT2D eigenvalue weighted by Crippen LogP contribution is -2.52. The van der Waals surface area contributed by atoms with Crippen LogP contribution in [0.1, 0.15) is 33.3 Å². The number of hydrogen-bond donors (Lipinski definition) is 2. The number of hydrogen-bond acceptors (Lipinski definition) is 5. The van der Waals surface area contributed by atoms with Gasteiger partial charge in [-0.15, -0.1) is 0 Å². The third-order valence-corrected chi connectivity index (χ3v) is 4.14. The zero-order valence-corrected chi connectivity index (χ0v) is 18.1. The number of carbonyl (C=O) groups is 2. The first-order valence-corrected chi connectivity index (χ1v) is 9.78. The van der Waals surface area contributed by atoms with E-state index in [4.69, 9.17) is 14.2 Å². The van der Waals surface area contributed by atoms with Gasteiger partial charge in [0.05, 0.1) is 19.8 Å². The van der Waals surface area contributed by atoms with Crippen LogP contribution in [-0.2, 0) is 20.9 Å². The number of nitrogens with one attached hydrogen (secondary N) is 2. The van der Waals surface area contributed by atoms with Gasteiger partial charge in [0.1, 0.15) is 17.4 Å². The van der Waals surface area contributed by atoms with Crippen molar-refractivity contribution in [2.24, 2.45) is 0 Å². The molecule has 2 amide bonds. The van der Waals surface area contributed by atoms with Crippen LogP contribution < -0.4 is 15.4 Å². The van der Waals surface area contributed by atoms with Crippen molar-refractivity contribution in [3.05, 3.63) is 60.2 Å². The van der Waals surface area contributed by atoms with Crippen molar-refractivity contribution in [1.82, 2.24) is 5.32 Å². The molecule has 2 rings (SSSR count). The minimum absolute atomic E-state index is 0.310. The summed E-state index contributed by atoms with van der Waals surface area (Å²) in [6, 6.07) is 15.6. The van der Waals surface area contributed by atoms with Crippen LogP contribution in [0.5, 0.6) is 5.75 Å². The Hall–Kier alpha value is -3.06. The van der Waals surface area contributed by atoms with E-state index in [2.05, 4.69) is 10.6 Å². The SMILES string of the molecule is COc1ccc(NC(=O)[C@H](NC(=O)OC(C)(C)C)[C@@H](C)OCc2ccccc2)cc1. The molecule has 2 aromatic carbocycles. The van der Waals surface area contributed by atoms with E-state index in [1.807, 2.05) is 30.3 Å². The topological polar surface area (TPSA) is 85.9 Å². The summed E-state index contributed by atoms with van der Waals surface area (Å²) in [5, 5.41) is 5.43. The molecule has 0 aliphatic heterocycles. The molecule has 30 heavy (non-hydrogen) atoms. The van der Waals surface area contributed by atoms with Crippen molar-refractivity contribution in [3.8, 4) is 5.75 Å². The van der Waals surface area contributed by atoms with Crippen LogP contribution in [0.15, 0.2) is 54.6 Å². The van der Waals surface area contributed by atoms with Gasteiger partial charge in [-0.3, -0.25) is 4.79 Å². The highest BCUT2D eigenvalue weighted by Crippen LogP contribution is 2.16. The molecule has 0 unspecified atom stereocenters. The number of ether oxygens (including phenoxy) is 3. The molecule has 2 atom stereocenters. The van der Waals surface area contributed by atoms with Crippen LogP contribution >= 0.6 is 0 Å². The zero-order chi connectivity index (χ0) is 22.1. The molecule has 0 saturated carbocycles. The summed E-state index contributed by atoms with van der Waals surface area (Å²) in [5.74, 6) is 0.266. The Kier molecular flexibility index (Phi) is 8.24. The molecule has 0 aromatic heterocycles. The zero-order valence-electron chi connectivity index (χ0n) is 18.1. The molecular weight excluding hydrogens is 384 g/mol. The van der Waals surface area contributed by atoms with Gasteiger partial charge in [-0.1, -0.05) is 30.3 Å². The number of alkyl carbamates (subject to hydrolysis) is 1.